The Morgan fingerprint density at radius 1 is 1.09 bits per heavy atom. The van der Waals surface area contributed by atoms with Gasteiger partial charge in [-0.15, -0.1) is 13.1 Å². The van der Waals surface area contributed by atoms with Crippen LogP contribution in [0.15, 0.2) is 47.4 Å². The number of anilines is 2. The second-order valence-corrected chi connectivity index (χ2v) is 7.83. The number of aliphatic hydroxyl groups excluding tert-OH is 1. The minimum Gasteiger partial charge on any atom is -0.659 e. The van der Waals surface area contributed by atoms with Gasteiger partial charge in [-0.3, -0.25) is 9.36 Å². The molecule has 169 valence electrons. The third kappa shape index (κ3) is 6.81. The third-order valence-electron chi connectivity index (χ3n) is 5.08. The fourth-order valence-corrected chi connectivity index (χ4v) is 3.57. The van der Waals surface area contributed by atoms with Gasteiger partial charge in [-0.1, -0.05) is 26.0 Å². The second kappa shape index (κ2) is 13.0. The van der Waals surface area contributed by atoms with Crippen LogP contribution in [0.5, 0.6) is 0 Å². The maximum Gasteiger partial charge on any atom is 0.252 e. The molecule has 1 aliphatic heterocycles. The topological polar surface area (TPSA) is 97.4 Å². The van der Waals surface area contributed by atoms with Crippen molar-refractivity contribution in [3.63, 3.8) is 0 Å². The largest absolute Gasteiger partial charge is 0.659 e. The van der Waals surface area contributed by atoms with E-state index in [0.717, 1.165) is 44.2 Å². The summed E-state index contributed by atoms with van der Waals surface area (Å²) in [6.07, 6.45) is 1.77. The van der Waals surface area contributed by atoms with Crippen LogP contribution in [0.2, 0.25) is 0 Å². The number of aliphatic hydroxyl groups is 1. The van der Waals surface area contributed by atoms with E-state index in [1.165, 1.54) is 5.69 Å². The smallest absolute Gasteiger partial charge is 0.252 e. The van der Waals surface area contributed by atoms with Gasteiger partial charge < -0.3 is 20.6 Å². The molecule has 3 heterocycles. The molecule has 4 rings (SSSR count). The van der Waals surface area contributed by atoms with Crippen molar-refractivity contribution in [3.8, 4) is 0 Å². The van der Waals surface area contributed by atoms with E-state index in [9.17, 15) is 4.79 Å². The number of piperazine rings is 1. The van der Waals surface area contributed by atoms with Crippen LogP contribution in [-0.2, 0) is 45.8 Å². The third-order valence-corrected chi connectivity index (χ3v) is 5.08. The van der Waals surface area contributed by atoms with Gasteiger partial charge in [0, 0.05) is 76.2 Å². The number of hydrogen-bond acceptors (Lipinski definition) is 6. The number of rotatable bonds is 6. The molecule has 1 radical (unpaired) electrons. The summed E-state index contributed by atoms with van der Waals surface area (Å²) in [7, 11) is 1.00. The van der Waals surface area contributed by atoms with Crippen molar-refractivity contribution in [1.29, 1.82) is 0 Å². The fourth-order valence-electron chi connectivity index (χ4n) is 3.57. The molecule has 0 aliphatic carbocycles. The van der Waals surface area contributed by atoms with Gasteiger partial charge in [0.05, 0.1) is 0 Å². The zero-order valence-electron chi connectivity index (χ0n) is 19.0. The molecule has 1 fully saturated rings. The van der Waals surface area contributed by atoms with Gasteiger partial charge in [-0.05, 0) is 42.8 Å². The second-order valence-electron chi connectivity index (χ2n) is 7.83. The van der Waals surface area contributed by atoms with E-state index >= 15 is 0 Å². The Bertz CT molecular complexity index is 1030. The molecule has 8 nitrogen and oxygen atoms in total. The summed E-state index contributed by atoms with van der Waals surface area (Å²) in [6, 6.07) is 11.9. The first-order valence-corrected chi connectivity index (χ1v) is 10.6. The minimum atomic E-state index is -0.0306. The van der Waals surface area contributed by atoms with E-state index in [4.69, 9.17) is 5.11 Å². The fraction of sp³-hybridized carbons (Fsp3) is 0.435. The molecule has 0 spiro atoms. The van der Waals surface area contributed by atoms with Crippen molar-refractivity contribution in [2.24, 2.45) is 5.92 Å². The molecule has 0 unspecified atom stereocenters. The van der Waals surface area contributed by atoms with Crippen LogP contribution in [0, 0.1) is 5.92 Å². The molecule has 1 aliphatic rings. The number of nitrogens with zero attached hydrogens (tertiary/aromatic N) is 5. The Kier molecular flexibility index (Phi) is 10.7. The Morgan fingerprint density at radius 2 is 1.78 bits per heavy atom. The van der Waals surface area contributed by atoms with Crippen LogP contribution < -0.4 is 15.8 Å². The summed E-state index contributed by atoms with van der Waals surface area (Å²) < 4.78 is 1.73. The van der Waals surface area contributed by atoms with Gasteiger partial charge in [0.2, 0.25) is 5.95 Å². The van der Waals surface area contributed by atoms with Crippen LogP contribution >= 0.6 is 0 Å². The monoisotopic (exact) mass is 512 g/mol. The van der Waals surface area contributed by atoms with Crippen LogP contribution in [0.3, 0.4) is 0 Å². The summed E-state index contributed by atoms with van der Waals surface area (Å²) in [6.45, 7) is 9.23. The van der Waals surface area contributed by atoms with Crippen LogP contribution in [0.25, 0.3) is 16.4 Å². The van der Waals surface area contributed by atoms with Crippen LogP contribution in [0.1, 0.15) is 19.4 Å². The number of hydrogen-bond donors (Lipinski definition) is 2. The molecule has 0 bridgehead atoms. The SMILES string of the molecule is CC(C)Cn1c(=O)ccc2cnc(NCc3ccc(N4CC[N-]CC4)cc3)nc21.CO.[Y]. The quantitative estimate of drug-likeness (QED) is 0.528. The molecule has 1 saturated heterocycles. The Morgan fingerprint density at radius 3 is 2.44 bits per heavy atom. The zero-order chi connectivity index (χ0) is 22.2. The molecule has 32 heavy (non-hydrogen) atoms. The van der Waals surface area contributed by atoms with Gasteiger partial charge in [-0.25, -0.2) is 4.98 Å². The van der Waals surface area contributed by atoms with Gasteiger partial charge in [0.15, 0.2) is 0 Å². The van der Waals surface area contributed by atoms with Crippen molar-refractivity contribution in [1.82, 2.24) is 14.5 Å². The maximum absolute atomic E-state index is 12.3. The minimum absolute atomic E-state index is 0. The van der Waals surface area contributed by atoms with E-state index in [0.29, 0.717) is 30.6 Å². The van der Waals surface area contributed by atoms with Gasteiger partial charge in [0.25, 0.3) is 5.56 Å². The van der Waals surface area contributed by atoms with Crippen LogP contribution in [0.4, 0.5) is 11.6 Å². The number of benzene rings is 1. The molecule has 1 aromatic carbocycles. The van der Waals surface area contributed by atoms with Crippen molar-refractivity contribution in [2.75, 3.05) is 43.5 Å². The first-order valence-electron chi connectivity index (χ1n) is 10.6. The van der Waals surface area contributed by atoms with Gasteiger partial charge in [-0.2, -0.15) is 4.98 Å². The van der Waals surface area contributed by atoms with Gasteiger partial charge in [0.1, 0.15) is 5.65 Å². The van der Waals surface area contributed by atoms with Crippen LogP contribution in [-0.4, -0.2) is 52.9 Å². The molecule has 0 amide bonds. The Hall–Kier alpha value is -1.87. The van der Waals surface area contributed by atoms with Crippen molar-refractivity contribution in [2.45, 2.75) is 26.9 Å². The molecule has 0 atom stereocenters. The van der Waals surface area contributed by atoms with E-state index < -0.39 is 0 Å². The molecule has 3 aromatic rings. The van der Waals surface area contributed by atoms with E-state index in [1.807, 2.05) is 0 Å². The first-order chi connectivity index (χ1) is 15.1. The number of pyridine rings is 1. The summed E-state index contributed by atoms with van der Waals surface area (Å²) in [4.78, 5) is 23.7. The standard InChI is InChI=1S/C22H27N6O.CH4O.Y/c1-16(2)15-28-20(29)8-5-18-14-25-22(26-21(18)28)24-13-17-3-6-19(7-4-17)27-11-9-23-10-12-27;1-2;/h3-8,14,16H,9-13,15H2,1-2H3,(H,24,25,26);2H,1H3;/q-1;;. The van der Waals surface area contributed by atoms with Gasteiger partial charge >= 0.3 is 0 Å². The number of fused-ring (bicyclic) bond motifs is 1. The zero-order valence-corrected chi connectivity index (χ0v) is 21.9. The van der Waals surface area contributed by atoms with Crippen molar-refractivity contribution in [3.05, 3.63) is 63.8 Å². The Balaban J connectivity index is 0.00000118. The normalized spacial score (nSPS) is 13.3. The summed E-state index contributed by atoms with van der Waals surface area (Å²) >= 11 is 0. The van der Waals surface area contributed by atoms with E-state index in [2.05, 4.69) is 63.6 Å². The molecule has 9 heteroatoms. The molecular weight excluding hydrogens is 481 g/mol. The average Bonchev–Trinajstić information content (AvgIpc) is 2.81. The van der Waals surface area contributed by atoms with E-state index in [1.54, 1.807) is 22.9 Å². The molecule has 0 saturated carbocycles. The molecule has 2 N–H and O–H groups in total. The molecular formula is C23H31N6O2Y-. The van der Waals surface area contributed by atoms with Crippen molar-refractivity contribution < 1.29 is 37.8 Å². The number of nitrogens with one attached hydrogen (secondary N) is 1. The predicted octanol–water partition coefficient (Wildman–Crippen LogP) is 2.86. The average molecular weight is 512 g/mol. The predicted molar refractivity (Wildman–Crippen MR) is 126 cm³/mol. The number of aromatic nitrogens is 3. The summed E-state index contributed by atoms with van der Waals surface area (Å²) in [5, 5.41) is 15.6. The molecule has 2 aromatic heterocycles. The summed E-state index contributed by atoms with van der Waals surface area (Å²) in [5.74, 6) is 0.888. The first kappa shape index (κ1) is 26.4. The Labute approximate surface area is 214 Å². The van der Waals surface area contributed by atoms with E-state index in [-0.39, 0.29) is 38.3 Å². The summed E-state index contributed by atoms with van der Waals surface area (Å²) in [5.41, 5.74) is 3.04. The maximum atomic E-state index is 12.3. The van der Waals surface area contributed by atoms with Crippen molar-refractivity contribution >= 4 is 22.7 Å².